The highest BCUT2D eigenvalue weighted by molar-refractivity contribution is 7.14. The molecule has 1 heterocycles. The van der Waals surface area contributed by atoms with E-state index in [0.717, 1.165) is 12.8 Å². The third-order valence-corrected chi connectivity index (χ3v) is 4.01. The molecule has 128 valence electrons. The molecule has 0 bridgehead atoms. The van der Waals surface area contributed by atoms with Gasteiger partial charge in [0.2, 0.25) is 0 Å². The molecule has 0 saturated carbocycles. The fourth-order valence-corrected chi connectivity index (χ4v) is 2.91. The van der Waals surface area contributed by atoms with Gasteiger partial charge in [0.1, 0.15) is 5.69 Å². The Morgan fingerprint density at radius 1 is 1.08 bits per heavy atom. The first-order chi connectivity index (χ1) is 11.6. The number of amides is 3. The molecule has 2 aromatic rings. The van der Waals surface area contributed by atoms with Crippen LogP contribution in [0.1, 0.15) is 37.2 Å². The van der Waals surface area contributed by atoms with Gasteiger partial charge in [0.15, 0.2) is 5.13 Å². The first-order valence-corrected chi connectivity index (χ1v) is 8.89. The maximum atomic E-state index is 12.5. The lowest BCUT2D eigenvalue weighted by molar-refractivity contribution is 0.0750. The number of nitrogens with zero attached hydrogens (tertiary/aromatic N) is 2. The number of hydrogen-bond acceptors (Lipinski definition) is 4. The van der Waals surface area contributed by atoms with E-state index in [1.165, 1.54) is 11.3 Å². The normalized spacial score (nSPS) is 10.2. The zero-order valence-corrected chi connectivity index (χ0v) is 14.7. The van der Waals surface area contributed by atoms with Crippen LogP contribution in [0.3, 0.4) is 0 Å². The van der Waals surface area contributed by atoms with Crippen LogP contribution in [-0.2, 0) is 0 Å². The Kier molecular flexibility index (Phi) is 6.74. The lowest BCUT2D eigenvalue weighted by Gasteiger charge is -2.20. The lowest BCUT2D eigenvalue weighted by atomic mass is 10.3. The maximum Gasteiger partial charge on any atom is 0.325 e. The summed E-state index contributed by atoms with van der Waals surface area (Å²) in [5, 5.41) is 7.45. The van der Waals surface area contributed by atoms with E-state index < -0.39 is 0 Å². The fraction of sp³-hybridized carbons (Fsp3) is 0.353. The van der Waals surface area contributed by atoms with Crippen LogP contribution in [0.25, 0.3) is 0 Å². The zero-order valence-electron chi connectivity index (χ0n) is 13.9. The van der Waals surface area contributed by atoms with Crippen molar-refractivity contribution < 1.29 is 9.59 Å². The number of aromatic nitrogens is 1. The summed E-state index contributed by atoms with van der Waals surface area (Å²) in [4.78, 5) is 30.4. The van der Waals surface area contributed by atoms with Crippen molar-refractivity contribution in [3.05, 3.63) is 41.4 Å². The standard InChI is InChI=1S/C17H22N4O2S/c1-3-10-21(11-4-2)15(22)14-12-24-17(19-14)20-16(23)18-13-8-6-5-7-9-13/h5-9,12H,3-4,10-11H2,1-2H3,(H2,18,19,20,23). The van der Waals surface area contributed by atoms with Gasteiger partial charge in [-0.15, -0.1) is 11.3 Å². The summed E-state index contributed by atoms with van der Waals surface area (Å²) < 4.78 is 0. The van der Waals surface area contributed by atoms with E-state index in [9.17, 15) is 9.59 Å². The van der Waals surface area contributed by atoms with Crippen molar-refractivity contribution in [2.24, 2.45) is 0 Å². The number of rotatable bonds is 7. The maximum absolute atomic E-state index is 12.5. The first kappa shape index (κ1) is 17.9. The van der Waals surface area contributed by atoms with Gasteiger partial charge in [-0.25, -0.2) is 9.78 Å². The second-order valence-electron chi connectivity index (χ2n) is 5.28. The van der Waals surface area contributed by atoms with E-state index in [1.807, 2.05) is 32.0 Å². The number of urea groups is 1. The van der Waals surface area contributed by atoms with Crippen molar-refractivity contribution in [1.82, 2.24) is 9.88 Å². The van der Waals surface area contributed by atoms with Crippen molar-refractivity contribution >= 4 is 34.1 Å². The van der Waals surface area contributed by atoms with Gasteiger partial charge in [0, 0.05) is 24.2 Å². The minimum atomic E-state index is -0.381. The Labute approximate surface area is 145 Å². The molecule has 0 saturated heterocycles. The van der Waals surface area contributed by atoms with Crippen LogP contribution in [-0.4, -0.2) is 34.9 Å². The van der Waals surface area contributed by atoms with Gasteiger partial charge in [-0.3, -0.25) is 10.1 Å². The number of nitrogens with one attached hydrogen (secondary N) is 2. The van der Waals surface area contributed by atoms with Crippen LogP contribution in [0.2, 0.25) is 0 Å². The first-order valence-electron chi connectivity index (χ1n) is 8.01. The summed E-state index contributed by atoms with van der Waals surface area (Å²) in [6, 6.07) is 8.76. The largest absolute Gasteiger partial charge is 0.337 e. The Balaban J connectivity index is 1.96. The molecule has 0 fully saturated rings. The van der Waals surface area contributed by atoms with Crippen molar-refractivity contribution in [2.75, 3.05) is 23.7 Å². The zero-order chi connectivity index (χ0) is 17.4. The molecule has 1 aromatic heterocycles. The molecule has 24 heavy (non-hydrogen) atoms. The van der Waals surface area contributed by atoms with Crippen LogP contribution < -0.4 is 10.6 Å². The molecule has 0 unspecified atom stereocenters. The predicted octanol–water partition coefficient (Wildman–Crippen LogP) is 4.05. The molecule has 0 aliphatic rings. The van der Waals surface area contributed by atoms with E-state index in [2.05, 4.69) is 15.6 Å². The van der Waals surface area contributed by atoms with Crippen molar-refractivity contribution in [1.29, 1.82) is 0 Å². The molecule has 0 spiro atoms. The second kappa shape index (κ2) is 9.02. The molecular weight excluding hydrogens is 324 g/mol. The van der Waals surface area contributed by atoms with Crippen LogP contribution in [0, 0.1) is 0 Å². The average molecular weight is 346 g/mol. The van der Waals surface area contributed by atoms with E-state index in [0.29, 0.717) is 29.6 Å². The van der Waals surface area contributed by atoms with E-state index in [-0.39, 0.29) is 11.9 Å². The van der Waals surface area contributed by atoms with Crippen LogP contribution in [0.5, 0.6) is 0 Å². The number of anilines is 2. The van der Waals surface area contributed by atoms with Gasteiger partial charge in [-0.2, -0.15) is 0 Å². The summed E-state index contributed by atoms with van der Waals surface area (Å²) >= 11 is 1.24. The van der Waals surface area contributed by atoms with E-state index in [4.69, 9.17) is 0 Å². The smallest absolute Gasteiger partial charge is 0.325 e. The van der Waals surface area contributed by atoms with Crippen LogP contribution in [0.15, 0.2) is 35.7 Å². The monoisotopic (exact) mass is 346 g/mol. The number of carbonyl (C=O) groups excluding carboxylic acids is 2. The number of carbonyl (C=O) groups is 2. The lowest BCUT2D eigenvalue weighted by Crippen LogP contribution is -2.32. The number of thiazole rings is 1. The molecule has 0 aliphatic heterocycles. The van der Waals surface area contributed by atoms with Crippen LogP contribution >= 0.6 is 11.3 Å². The highest BCUT2D eigenvalue weighted by Crippen LogP contribution is 2.18. The second-order valence-corrected chi connectivity index (χ2v) is 6.13. The third kappa shape index (κ3) is 5.06. The van der Waals surface area contributed by atoms with Gasteiger partial charge >= 0.3 is 6.03 Å². The molecule has 7 heteroatoms. The van der Waals surface area contributed by atoms with E-state index in [1.54, 1.807) is 22.4 Å². The molecule has 0 radical (unpaired) electrons. The third-order valence-electron chi connectivity index (χ3n) is 3.25. The van der Waals surface area contributed by atoms with Crippen molar-refractivity contribution in [3.8, 4) is 0 Å². The quantitative estimate of drug-likeness (QED) is 0.794. The molecule has 3 amide bonds. The summed E-state index contributed by atoms with van der Waals surface area (Å²) in [5.41, 5.74) is 1.07. The van der Waals surface area contributed by atoms with Gasteiger partial charge in [-0.1, -0.05) is 32.0 Å². The van der Waals surface area contributed by atoms with Gasteiger partial charge in [-0.05, 0) is 25.0 Å². The van der Waals surface area contributed by atoms with Gasteiger partial charge < -0.3 is 10.2 Å². The molecule has 0 aliphatic carbocycles. The molecule has 2 N–H and O–H groups in total. The SMILES string of the molecule is CCCN(CCC)C(=O)c1csc(NC(=O)Nc2ccccc2)n1. The summed E-state index contributed by atoms with van der Waals surface area (Å²) in [7, 11) is 0. The average Bonchev–Trinajstić information content (AvgIpc) is 3.03. The van der Waals surface area contributed by atoms with Crippen molar-refractivity contribution in [2.45, 2.75) is 26.7 Å². The molecular formula is C17H22N4O2S. The number of benzene rings is 1. The summed E-state index contributed by atoms with van der Waals surface area (Å²) in [5.74, 6) is -0.0912. The minimum Gasteiger partial charge on any atom is -0.337 e. The Morgan fingerprint density at radius 3 is 2.38 bits per heavy atom. The van der Waals surface area contributed by atoms with Gasteiger partial charge in [0.25, 0.3) is 5.91 Å². The molecule has 2 rings (SSSR count). The molecule has 1 aromatic carbocycles. The van der Waals surface area contributed by atoms with Gasteiger partial charge in [0.05, 0.1) is 0 Å². The Morgan fingerprint density at radius 2 is 1.75 bits per heavy atom. The van der Waals surface area contributed by atoms with Crippen LogP contribution in [0.4, 0.5) is 15.6 Å². The summed E-state index contributed by atoms with van der Waals surface area (Å²) in [6.45, 7) is 5.50. The predicted molar refractivity (Wildman–Crippen MR) is 97.7 cm³/mol. The molecule has 6 nitrogen and oxygen atoms in total. The fourth-order valence-electron chi connectivity index (χ4n) is 2.23. The topological polar surface area (TPSA) is 74.3 Å². The number of hydrogen-bond donors (Lipinski definition) is 2. The minimum absolute atomic E-state index is 0.0912. The highest BCUT2D eigenvalue weighted by atomic mass is 32.1. The Bertz CT molecular complexity index is 666. The molecule has 0 atom stereocenters. The highest BCUT2D eigenvalue weighted by Gasteiger charge is 2.18. The summed E-state index contributed by atoms with van der Waals surface area (Å²) in [6.07, 6.45) is 1.81. The Hall–Kier alpha value is -2.41. The van der Waals surface area contributed by atoms with Crippen molar-refractivity contribution in [3.63, 3.8) is 0 Å². The van der Waals surface area contributed by atoms with E-state index >= 15 is 0 Å². The number of para-hydroxylation sites is 1.